The fraction of sp³-hybridized carbons (Fsp3) is 0.692. The monoisotopic (exact) mass is 250 g/mol. The molecule has 1 aromatic rings. The highest BCUT2D eigenvalue weighted by molar-refractivity contribution is 5.84. The van der Waals surface area contributed by atoms with Crippen LogP contribution in [0.1, 0.15) is 29.9 Å². The first kappa shape index (κ1) is 13.1. The number of likely N-dealkylation sites (N-methyl/N-ethyl adjacent to an activating group) is 1. The van der Waals surface area contributed by atoms with Gasteiger partial charge in [-0.25, -0.2) is 0 Å². The van der Waals surface area contributed by atoms with Gasteiger partial charge >= 0.3 is 0 Å². The first-order chi connectivity index (χ1) is 8.58. The van der Waals surface area contributed by atoms with Crippen LogP contribution in [0, 0.1) is 6.92 Å². The van der Waals surface area contributed by atoms with Gasteiger partial charge in [0.15, 0.2) is 6.29 Å². The van der Waals surface area contributed by atoms with E-state index >= 15 is 0 Å². The van der Waals surface area contributed by atoms with Gasteiger partial charge in [0.1, 0.15) is 5.82 Å². The zero-order valence-corrected chi connectivity index (χ0v) is 11.7. The molecule has 1 aliphatic rings. The summed E-state index contributed by atoms with van der Waals surface area (Å²) in [6, 6.07) is 0.512. The second-order valence-corrected chi connectivity index (χ2v) is 4.99. The Bertz CT molecular complexity index is 440. The molecule has 1 aliphatic heterocycles. The maximum atomic E-state index is 11.2. The zero-order valence-electron chi connectivity index (χ0n) is 11.7. The van der Waals surface area contributed by atoms with E-state index in [0.717, 1.165) is 49.5 Å². The average Bonchev–Trinajstić information content (AvgIpc) is 2.63. The highest BCUT2D eigenvalue weighted by Gasteiger charge is 2.26. The normalized spacial score (nSPS) is 21.3. The van der Waals surface area contributed by atoms with Crippen LogP contribution in [0.3, 0.4) is 0 Å². The summed E-state index contributed by atoms with van der Waals surface area (Å²) < 4.78 is 1.83. The maximum absolute atomic E-state index is 11.2. The third-order valence-electron chi connectivity index (χ3n) is 3.83. The first-order valence-electron chi connectivity index (χ1n) is 6.56. The molecule has 100 valence electrons. The third kappa shape index (κ3) is 2.14. The summed E-state index contributed by atoms with van der Waals surface area (Å²) >= 11 is 0. The van der Waals surface area contributed by atoms with E-state index in [-0.39, 0.29) is 0 Å². The van der Waals surface area contributed by atoms with E-state index in [4.69, 9.17) is 0 Å². The van der Waals surface area contributed by atoms with E-state index < -0.39 is 0 Å². The standard InChI is InChI=1S/C13H22N4O/c1-5-16-6-7-17(8-10(16)2)13-12(9-18)11(3)14-15(13)4/h9-10H,5-8H2,1-4H3. The van der Waals surface area contributed by atoms with Gasteiger partial charge in [-0.05, 0) is 20.4 Å². The van der Waals surface area contributed by atoms with Crippen LogP contribution in [0.4, 0.5) is 5.82 Å². The molecule has 0 N–H and O–H groups in total. The van der Waals surface area contributed by atoms with E-state index in [2.05, 4.69) is 28.7 Å². The Balaban J connectivity index is 2.25. The Hall–Kier alpha value is -1.36. The molecule has 2 heterocycles. The van der Waals surface area contributed by atoms with Crippen LogP contribution in [0.5, 0.6) is 0 Å². The van der Waals surface area contributed by atoms with Gasteiger partial charge in [0, 0.05) is 32.7 Å². The minimum Gasteiger partial charge on any atom is -0.353 e. The van der Waals surface area contributed by atoms with Crippen molar-refractivity contribution in [2.24, 2.45) is 7.05 Å². The van der Waals surface area contributed by atoms with Gasteiger partial charge in [-0.2, -0.15) is 5.10 Å². The topological polar surface area (TPSA) is 41.4 Å². The highest BCUT2D eigenvalue weighted by atomic mass is 16.1. The predicted octanol–water partition coefficient (Wildman–Crippen LogP) is 1.07. The van der Waals surface area contributed by atoms with Crippen molar-refractivity contribution in [3.8, 4) is 0 Å². The van der Waals surface area contributed by atoms with E-state index in [9.17, 15) is 4.79 Å². The second-order valence-electron chi connectivity index (χ2n) is 4.99. The molecule has 18 heavy (non-hydrogen) atoms. The summed E-state index contributed by atoms with van der Waals surface area (Å²) in [5, 5.41) is 4.35. The Morgan fingerprint density at radius 2 is 2.17 bits per heavy atom. The number of hydrogen-bond donors (Lipinski definition) is 0. The number of carbonyl (C=O) groups excluding carboxylic acids is 1. The van der Waals surface area contributed by atoms with Gasteiger partial charge in [-0.15, -0.1) is 0 Å². The second kappa shape index (κ2) is 5.10. The number of anilines is 1. The predicted molar refractivity (Wildman–Crippen MR) is 72.3 cm³/mol. The number of carbonyl (C=O) groups is 1. The first-order valence-corrected chi connectivity index (χ1v) is 6.56. The van der Waals surface area contributed by atoms with Crippen molar-refractivity contribution in [2.45, 2.75) is 26.8 Å². The van der Waals surface area contributed by atoms with Gasteiger partial charge < -0.3 is 4.90 Å². The van der Waals surface area contributed by atoms with Gasteiger partial charge in [-0.3, -0.25) is 14.4 Å². The van der Waals surface area contributed by atoms with Crippen molar-refractivity contribution >= 4 is 12.1 Å². The van der Waals surface area contributed by atoms with Crippen LogP contribution in [0.2, 0.25) is 0 Å². The lowest BCUT2D eigenvalue weighted by atomic mass is 10.1. The molecule has 1 saturated heterocycles. The lowest BCUT2D eigenvalue weighted by Crippen LogP contribution is -2.52. The quantitative estimate of drug-likeness (QED) is 0.753. The summed E-state index contributed by atoms with van der Waals surface area (Å²) in [5.41, 5.74) is 1.54. The summed E-state index contributed by atoms with van der Waals surface area (Å²) in [7, 11) is 1.91. The smallest absolute Gasteiger partial charge is 0.155 e. The Kier molecular flexibility index (Phi) is 3.71. The van der Waals surface area contributed by atoms with E-state index in [1.807, 2.05) is 18.7 Å². The molecule has 0 radical (unpaired) electrons. The summed E-state index contributed by atoms with van der Waals surface area (Å²) in [5.74, 6) is 0.963. The molecule has 1 fully saturated rings. The van der Waals surface area contributed by atoms with Crippen LogP contribution in [-0.2, 0) is 7.05 Å². The number of aryl methyl sites for hydroxylation is 2. The van der Waals surface area contributed by atoms with Gasteiger partial charge in [0.05, 0.1) is 11.3 Å². The van der Waals surface area contributed by atoms with Crippen molar-refractivity contribution in [1.29, 1.82) is 0 Å². The molecular formula is C13H22N4O. The number of rotatable bonds is 3. The van der Waals surface area contributed by atoms with Crippen LogP contribution in [-0.4, -0.2) is 53.2 Å². The third-order valence-corrected chi connectivity index (χ3v) is 3.83. The van der Waals surface area contributed by atoms with E-state index in [0.29, 0.717) is 6.04 Å². The zero-order chi connectivity index (χ0) is 13.3. The lowest BCUT2D eigenvalue weighted by Gasteiger charge is -2.40. The van der Waals surface area contributed by atoms with E-state index in [1.165, 1.54) is 0 Å². The molecule has 1 aromatic heterocycles. The Labute approximate surface area is 108 Å². The van der Waals surface area contributed by atoms with Crippen LogP contribution in [0.15, 0.2) is 0 Å². The number of piperazine rings is 1. The Morgan fingerprint density at radius 1 is 1.44 bits per heavy atom. The molecule has 1 atom stereocenters. The van der Waals surface area contributed by atoms with Crippen LogP contribution in [0.25, 0.3) is 0 Å². The van der Waals surface area contributed by atoms with Crippen LogP contribution >= 0.6 is 0 Å². The van der Waals surface area contributed by atoms with Crippen molar-refractivity contribution in [1.82, 2.24) is 14.7 Å². The summed E-state index contributed by atoms with van der Waals surface area (Å²) in [4.78, 5) is 16.0. The largest absolute Gasteiger partial charge is 0.353 e. The minimum atomic E-state index is 0.512. The number of nitrogens with zero attached hydrogens (tertiary/aromatic N) is 4. The molecule has 0 spiro atoms. The maximum Gasteiger partial charge on any atom is 0.155 e. The van der Waals surface area contributed by atoms with Gasteiger partial charge in [0.2, 0.25) is 0 Å². The molecule has 0 saturated carbocycles. The summed E-state index contributed by atoms with van der Waals surface area (Å²) in [6.45, 7) is 10.3. The van der Waals surface area contributed by atoms with Gasteiger partial charge in [-0.1, -0.05) is 6.92 Å². The molecule has 2 rings (SSSR count). The molecule has 5 heteroatoms. The lowest BCUT2D eigenvalue weighted by molar-refractivity contribution is 0.112. The fourth-order valence-corrected chi connectivity index (χ4v) is 2.83. The molecule has 0 amide bonds. The van der Waals surface area contributed by atoms with Crippen LogP contribution < -0.4 is 4.90 Å². The highest BCUT2D eigenvalue weighted by Crippen LogP contribution is 2.24. The van der Waals surface area contributed by atoms with Crippen molar-refractivity contribution in [3.63, 3.8) is 0 Å². The molecule has 0 bridgehead atoms. The molecule has 0 aromatic carbocycles. The number of aromatic nitrogens is 2. The molecular weight excluding hydrogens is 228 g/mol. The average molecular weight is 250 g/mol. The minimum absolute atomic E-state index is 0.512. The molecule has 5 nitrogen and oxygen atoms in total. The Morgan fingerprint density at radius 3 is 2.72 bits per heavy atom. The summed E-state index contributed by atoms with van der Waals surface area (Å²) in [6.07, 6.45) is 0.925. The van der Waals surface area contributed by atoms with E-state index in [1.54, 1.807) is 0 Å². The van der Waals surface area contributed by atoms with Crippen molar-refractivity contribution in [3.05, 3.63) is 11.3 Å². The SMILES string of the molecule is CCN1CCN(c2c(C=O)c(C)nn2C)CC1C. The van der Waals surface area contributed by atoms with Crippen molar-refractivity contribution in [2.75, 3.05) is 31.1 Å². The van der Waals surface area contributed by atoms with Crippen molar-refractivity contribution < 1.29 is 4.79 Å². The number of hydrogen-bond acceptors (Lipinski definition) is 4. The fourth-order valence-electron chi connectivity index (χ4n) is 2.83. The molecule has 0 aliphatic carbocycles. The molecule has 1 unspecified atom stereocenters. The number of aldehydes is 1. The van der Waals surface area contributed by atoms with Gasteiger partial charge in [0.25, 0.3) is 0 Å².